The molecule has 1 fully saturated rings. The summed E-state index contributed by atoms with van der Waals surface area (Å²) < 4.78 is 12.3. The minimum absolute atomic E-state index is 0.00359. The molecule has 3 aromatic carbocycles. The lowest BCUT2D eigenvalue weighted by molar-refractivity contribution is -0.131. The molecule has 2 atom stereocenters. The van der Waals surface area contributed by atoms with Gasteiger partial charge in [0.1, 0.15) is 11.5 Å². The van der Waals surface area contributed by atoms with E-state index in [0.717, 1.165) is 22.7 Å². The summed E-state index contributed by atoms with van der Waals surface area (Å²) in [5.41, 5.74) is 2.03. The zero-order valence-electron chi connectivity index (χ0n) is 16.1. The van der Waals surface area contributed by atoms with Crippen LogP contribution in [-0.2, 0) is 4.79 Å². The van der Waals surface area contributed by atoms with Gasteiger partial charge in [-0.2, -0.15) is 0 Å². The Morgan fingerprint density at radius 1 is 0.897 bits per heavy atom. The second-order valence-electron chi connectivity index (χ2n) is 6.96. The maximum atomic E-state index is 13.0. The number of carbonyl (C=O) groups is 1. The first-order valence-electron chi connectivity index (χ1n) is 9.58. The molecule has 1 aliphatic heterocycles. The van der Waals surface area contributed by atoms with E-state index in [-0.39, 0.29) is 17.9 Å². The summed E-state index contributed by atoms with van der Waals surface area (Å²) in [6.07, 6.45) is 0.671. The van der Waals surface area contributed by atoms with Gasteiger partial charge in [0.15, 0.2) is 0 Å². The van der Waals surface area contributed by atoms with Crippen molar-refractivity contribution in [2.75, 3.05) is 18.6 Å². The Labute approximate surface area is 184 Å². The molecule has 0 saturated carbocycles. The third-order valence-corrected chi connectivity index (χ3v) is 5.94. The lowest BCUT2D eigenvalue weighted by atomic mass is 9.80. The first-order valence-corrected chi connectivity index (χ1v) is 10.7. The monoisotopic (exact) mass is 499 g/mol. The number of hydrogen-bond acceptors (Lipinski definition) is 3. The van der Waals surface area contributed by atoms with Crippen molar-refractivity contribution in [3.8, 4) is 11.5 Å². The van der Waals surface area contributed by atoms with Crippen LogP contribution in [0.4, 0.5) is 5.69 Å². The maximum absolute atomic E-state index is 13.0. The zero-order chi connectivity index (χ0) is 20.2. The number of carbonyl (C=O) groups excluding carboxylic acids is 1. The number of methoxy groups -OCH3 is 1. The van der Waals surface area contributed by atoms with Gasteiger partial charge in [-0.05, 0) is 83.1 Å². The molecule has 148 valence electrons. The van der Waals surface area contributed by atoms with Gasteiger partial charge < -0.3 is 14.4 Å². The second kappa shape index (κ2) is 8.86. The smallest absolute Gasteiger partial charge is 0.233 e. The summed E-state index contributed by atoms with van der Waals surface area (Å²) in [5.74, 6) is 1.68. The van der Waals surface area contributed by atoms with E-state index in [1.54, 1.807) is 7.11 Å². The van der Waals surface area contributed by atoms with Crippen LogP contribution in [0.2, 0.25) is 0 Å². The normalized spacial score (nSPS) is 18.3. The molecule has 0 unspecified atom stereocenters. The van der Waals surface area contributed by atoms with E-state index in [1.165, 1.54) is 3.57 Å². The third-order valence-electron chi connectivity index (χ3n) is 5.22. The lowest BCUT2D eigenvalue weighted by Gasteiger charge is -2.47. The molecule has 1 aliphatic rings. The second-order valence-corrected chi connectivity index (χ2v) is 8.20. The highest BCUT2D eigenvalue weighted by molar-refractivity contribution is 14.1. The molecule has 4 rings (SSSR count). The van der Waals surface area contributed by atoms with Crippen LogP contribution < -0.4 is 14.4 Å². The molecule has 1 amide bonds. The molecule has 1 saturated heterocycles. The van der Waals surface area contributed by atoms with Crippen LogP contribution in [0.1, 0.15) is 18.0 Å². The van der Waals surface area contributed by atoms with Crippen LogP contribution >= 0.6 is 22.6 Å². The van der Waals surface area contributed by atoms with Crippen molar-refractivity contribution in [1.29, 1.82) is 0 Å². The average Bonchev–Trinajstić information content (AvgIpc) is 2.77. The number of nitrogens with zero attached hydrogens (tertiary/aromatic N) is 1. The SMILES string of the molecule is COc1ccc([C@@H]2[C@@H](CCOc3ccc(I)cc3)C(=O)N2c2ccccc2)cc1. The minimum Gasteiger partial charge on any atom is -0.497 e. The highest BCUT2D eigenvalue weighted by Gasteiger charge is 2.48. The Balaban J connectivity index is 1.51. The van der Waals surface area contributed by atoms with Gasteiger partial charge >= 0.3 is 0 Å². The number of rotatable bonds is 7. The molecule has 0 aromatic heterocycles. The molecular formula is C24H22INO3. The molecule has 29 heavy (non-hydrogen) atoms. The van der Waals surface area contributed by atoms with Crippen LogP contribution in [-0.4, -0.2) is 19.6 Å². The van der Waals surface area contributed by atoms with Gasteiger partial charge in [0, 0.05) is 9.26 Å². The third kappa shape index (κ3) is 4.24. The summed E-state index contributed by atoms with van der Waals surface area (Å²) >= 11 is 2.27. The standard InChI is InChI=1S/C24H22INO3/c1-28-20-11-7-17(8-12-20)23-22(15-16-29-21-13-9-18(25)10-14-21)24(27)26(23)19-5-3-2-4-6-19/h2-14,22-23H,15-16H2,1H3/t22-,23-/m1/s1. The summed E-state index contributed by atoms with van der Waals surface area (Å²) in [6.45, 7) is 0.506. The molecule has 0 N–H and O–H groups in total. The molecule has 1 heterocycles. The largest absolute Gasteiger partial charge is 0.497 e. The summed E-state index contributed by atoms with van der Waals surface area (Å²) in [4.78, 5) is 14.9. The van der Waals surface area contributed by atoms with Gasteiger partial charge in [0.25, 0.3) is 0 Å². The number of hydrogen-bond donors (Lipinski definition) is 0. The van der Waals surface area contributed by atoms with Crippen LogP contribution in [0.25, 0.3) is 0 Å². The molecule has 0 bridgehead atoms. The van der Waals surface area contributed by atoms with Crippen LogP contribution in [0, 0.1) is 9.49 Å². The Morgan fingerprint density at radius 3 is 2.21 bits per heavy atom. The number of halogens is 1. The van der Waals surface area contributed by atoms with E-state index in [0.29, 0.717) is 13.0 Å². The van der Waals surface area contributed by atoms with Crippen molar-refractivity contribution < 1.29 is 14.3 Å². The Bertz CT molecular complexity index is 958. The number of benzene rings is 3. The molecule has 4 nitrogen and oxygen atoms in total. The number of amides is 1. The van der Waals surface area contributed by atoms with Crippen molar-refractivity contribution in [3.63, 3.8) is 0 Å². The number of ether oxygens (including phenoxy) is 2. The predicted molar refractivity (Wildman–Crippen MR) is 122 cm³/mol. The first kappa shape index (κ1) is 19.8. The van der Waals surface area contributed by atoms with E-state index in [1.807, 2.05) is 83.8 Å². The number of para-hydroxylation sites is 1. The predicted octanol–water partition coefficient (Wildman–Crippen LogP) is 5.47. The van der Waals surface area contributed by atoms with Crippen molar-refractivity contribution in [2.24, 2.45) is 5.92 Å². The first-order chi connectivity index (χ1) is 14.2. The van der Waals surface area contributed by atoms with Crippen molar-refractivity contribution in [1.82, 2.24) is 0 Å². The molecule has 0 spiro atoms. The quantitative estimate of drug-likeness (QED) is 0.320. The summed E-state index contributed by atoms with van der Waals surface area (Å²) in [5, 5.41) is 0. The number of anilines is 1. The number of β-lactam (4-membered cyclic amide) rings is 1. The van der Waals surface area contributed by atoms with Crippen molar-refractivity contribution >= 4 is 34.2 Å². The van der Waals surface area contributed by atoms with E-state index in [2.05, 4.69) is 22.6 Å². The van der Waals surface area contributed by atoms with Gasteiger partial charge in [-0.1, -0.05) is 30.3 Å². The maximum Gasteiger partial charge on any atom is 0.233 e. The van der Waals surface area contributed by atoms with Crippen LogP contribution in [0.5, 0.6) is 11.5 Å². The molecule has 0 radical (unpaired) electrons. The molecular weight excluding hydrogens is 477 g/mol. The topological polar surface area (TPSA) is 38.8 Å². The fraction of sp³-hybridized carbons (Fsp3) is 0.208. The van der Waals surface area contributed by atoms with Gasteiger partial charge in [0.05, 0.1) is 25.7 Å². The summed E-state index contributed by atoms with van der Waals surface area (Å²) in [7, 11) is 1.66. The van der Waals surface area contributed by atoms with Crippen LogP contribution in [0.3, 0.4) is 0 Å². The highest BCUT2D eigenvalue weighted by Crippen LogP contribution is 2.45. The fourth-order valence-electron chi connectivity index (χ4n) is 3.72. The molecule has 0 aliphatic carbocycles. The van der Waals surface area contributed by atoms with Crippen molar-refractivity contribution in [3.05, 3.63) is 88.0 Å². The van der Waals surface area contributed by atoms with Crippen LogP contribution in [0.15, 0.2) is 78.9 Å². The van der Waals surface area contributed by atoms with Gasteiger partial charge in [-0.15, -0.1) is 0 Å². The molecule has 3 aromatic rings. The molecule has 5 heteroatoms. The fourth-order valence-corrected chi connectivity index (χ4v) is 4.08. The van der Waals surface area contributed by atoms with Gasteiger partial charge in [0.2, 0.25) is 5.91 Å². The Kier molecular flexibility index (Phi) is 6.04. The highest BCUT2D eigenvalue weighted by atomic mass is 127. The zero-order valence-corrected chi connectivity index (χ0v) is 18.3. The van der Waals surface area contributed by atoms with E-state index >= 15 is 0 Å². The Morgan fingerprint density at radius 2 is 1.55 bits per heavy atom. The van der Waals surface area contributed by atoms with E-state index in [4.69, 9.17) is 9.47 Å². The average molecular weight is 499 g/mol. The van der Waals surface area contributed by atoms with Gasteiger partial charge in [-0.3, -0.25) is 4.79 Å². The summed E-state index contributed by atoms with van der Waals surface area (Å²) in [6, 6.07) is 25.8. The van der Waals surface area contributed by atoms with Gasteiger partial charge in [-0.25, -0.2) is 0 Å². The van der Waals surface area contributed by atoms with E-state index in [9.17, 15) is 4.79 Å². The minimum atomic E-state index is -0.104. The Hall–Kier alpha value is -2.54. The van der Waals surface area contributed by atoms with E-state index < -0.39 is 0 Å². The van der Waals surface area contributed by atoms with Crippen molar-refractivity contribution in [2.45, 2.75) is 12.5 Å². The lowest BCUT2D eigenvalue weighted by Crippen LogP contribution is -2.55.